The minimum atomic E-state index is 0.0247. The lowest BCUT2D eigenvalue weighted by Gasteiger charge is -2.38. The third-order valence-corrected chi connectivity index (χ3v) is 4.65. The summed E-state index contributed by atoms with van der Waals surface area (Å²) in [6, 6.07) is 20.5. The van der Waals surface area contributed by atoms with Crippen LogP contribution in [0.4, 0.5) is 0 Å². The number of ether oxygens (including phenoxy) is 1. The molecule has 2 aromatic rings. The van der Waals surface area contributed by atoms with E-state index in [1.807, 2.05) is 36.4 Å². The highest BCUT2D eigenvalue weighted by atomic mass is 16.5. The molecule has 1 heterocycles. The summed E-state index contributed by atoms with van der Waals surface area (Å²) in [6.45, 7) is 5.36. The van der Waals surface area contributed by atoms with Gasteiger partial charge in [-0.3, -0.25) is 9.69 Å². The molecule has 3 rings (SSSR count). The van der Waals surface area contributed by atoms with Gasteiger partial charge in [-0.15, -0.1) is 0 Å². The van der Waals surface area contributed by atoms with Gasteiger partial charge in [0.2, 0.25) is 5.91 Å². The summed E-state index contributed by atoms with van der Waals surface area (Å²) in [7, 11) is 0. The minimum absolute atomic E-state index is 0.0247. The van der Waals surface area contributed by atoms with Gasteiger partial charge in [0.15, 0.2) is 0 Å². The van der Waals surface area contributed by atoms with Crippen molar-refractivity contribution in [1.82, 2.24) is 10.2 Å². The maximum Gasteiger partial charge on any atom is 0.224 e. The summed E-state index contributed by atoms with van der Waals surface area (Å²) in [5.41, 5.74) is 2.27. The minimum Gasteiger partial charge on any atom is -0.379 e. The van der Waals surface area contributed by atoms with Crippen LogP contribution in [0.15, 0.2) is 60.7 Å². The lowest BCUT2D eigenvalue weighted by Crippen LogP contribution is -2.48. The Balaban J connectivity index is 1.70. The average Bonchev–Trinajstić information content (AvgIpc) is 2.64. The zero-order valence-corrected chi connectivity index (χ0v) is 14.7. The van der Waals surface area contributed by atoms with E-state index in [0.29, 0.717) is 6.42 Å². The molecule has 2 atom stereocenters. The van der Waals surface area contributed by atoms with Crippen LogP contribution in [0.2, 0.25) is 0 Å². The normalized spacial score (nSPS) is 17.6. The van der Waals surface area contributed by atoms with Crippen LogP contribution >= 0.6 is 0 Å². The molecule has 0 spiro atoms. The first kappa shape index (κ1) is 17.6. The van der Waals surface area contributed by atoms with Gasteiger partial charge in [-0.1, -0.05) is 60.7 Å². The highest BCUT2D eigenvalue weighted by Gasteiger charge is 2.28. The van der Waals surface area contributed by atoms with Crippen LogP contribution in [-0.4, -0.2) is 43.2 Å². The number of morpholine rings is 1. The summed E-state index contributed by atoms with van der Waals surface area (Å²) >= 11 is 0. The first-order valence-electron chi connectivity index (χ1n) is 8.94. The number of benzene rings is 2. The Morgan fingerprint density at radius 1 is 1.04 bits per heavy atom. The molecule has 1 fully saturated rings. The van der Waals surface area contributed by atoms with Gasteiger partial charge >= 0.3 is 0 Å². The Morgan fingerprint density at radius 3 is 2.28 bits per heavy atom. The molecule has 1 saturated heterocycles. The number of nitrogens with zero attached hydrogens (tertiary/aromatic N) is 1. The van der Waals surface area contributed by atoms with Crippen molar-refractivity contribution in [3.8, 4) is 0 Å². The summed E-state index contributed by atoms with van der Waals surface area (Å²) in [6.07, 6.45) is 0.413. The number of carbonyl (C=O) groups is 1. The fourth-order valence-electron chi connectivity index (χ4n) is 3.49. The van der Waals surface area contributed by atoms with E-state index >= 15 is 0 Å². The third kappa shape index (κ3) is 4.91. The maximum absolute atomic E-state index is 12.5. The summed E-state index contributed by atoms with van der Waals surface area (Å²) in [5.74, 6) is 0.0629. The van der Waals surface area contributed by atoms with Crippen LogP contribution in [0.25, 0.3) is 0 Å². The van der Waals surface area contributed by atoms with E-state index < -0.39 is 0 Å². The molecule has 1 N–H and O–H groups in total. The van der Waals surface area contributed by atoms with E-state index in [4.69, 9.17) is 4.74 Å². The Morgan fingerprint density at radius 2 is 1.64 bits per heavy atom. The van der Waals surface area contributed by atoms with Gasteiger partial charge in [-0.05, 0) is 18.1 Å². The Kier molecular flexibility index (Phi) is 6.20. The Labute approximate surface area is 149 Å². The number of amides is 1. The highest BCUT2D eigenvalue weighted by Crippen LogP contribution is 2.25. The number of rotatable bonds is 6. The summed E-state index contributed by atoms with van der Waals surface area (Å²) in [5, 5.41) is 3.20. The van der Waals surface area contributed by atoms with Crippen LogP contribution in [0.5, 0.6) is 0 Å². The molecule has 0 aromatic heterocycles. The van der Waals surface area contributed by atoms with Gasteiger partial charge in [0.05, 0.1) is 25.7 Å². The molecular weight excluding hydrogens is 312 g/mol. The van der Waals surface area contributed by atoms with Crippen LogP contribution in [-0.2, 0) is 16.0 Å². The first-order valence-corrected chi connectivity index (χ1v) is 8.94. The molecule has 4 nitrogen and oxygen atoms in total. The van der Waals surface area contributed by atoms with Crippen molar-refractivity contribution in [3.05, 3.63) is 71.8 Å². The van der Waals surface area contributed by atoms with Gasteiger partial charge in [-0.25, -0.2) is 0 Å². The molecule has 0 unspecified atom stereocenters. The van der Waals surface area contributed by atoms with Crippen LogP contribution in [0, 0.1) is 0 Å². The molecule has 0 bridgehead atoms. The second-order valence-electron chi connectivity index (χ2n) is 6.52. The first-order chi connectivity index (χ1) is 12.2. The fourth-order valence-corrected chi connectivity index (χ4v) is 3.49. The Bertz CT molecular complexity index is 654. The van der Waals surface area contributed by atoms with Crippen molar-refractivity contribution in [3.63, 3.8) is 0 Å². The van der Waals surface area contributed by atoms with E-state index in [2.05, 4.69) is 41.4 Å². The molecule has 0 aliphatic carbocycles. The van der Waals surface area contributed by atoms with E-state index in [9.17, 15) is 4.79 Å². The molecule has 2 aromatic carbocycles. The molecule has 25 heavy (non-hydrogen) atoms. The lowest BCUT2D eigenvalue weighted by molar-refractivity contribution is -0.121. The topological polar surface area (TPSA) is 41.6 Å². The van der Waals surface area contributed by atoms with Crippen molar-refractivity contribution in [2.24, 2.45) is 0 Å². The van der Waals surface area contributed by atoms with E-state index in [1.165, 1.54) is 5.56 Å². The van der Waals surface area contributed by atoms with Crippen molar-refractivity contribution in [1.29, 1.82) is 0 Å². The predicted molar refractivity (Wildman–Crippen MR) is 99.3 cm³/mol. The third-order valence-electron chi connectivity index (χ3n) is 4.65. The van der Waals surface area contributed by atoms with Crippen molar-refractivity contribution in [2.45, 2.75) is 25.4 Å². The maximum atomic E-state index is 12.5. The van der Waals surface area contributed by atoms with Crippen molar-refractivity contribution < 1.29 is 9.53 Å². The summed E-state index contributed by atoms with van der Waals surface area (Å²) in [4.78, 5) is 14.9. The largest absolute Gasteiger partial charge is 0.379 e. The standard InChI is InChI=1S/C21H26N2O2/c1-17(22-20(24)16-18-8-4-2-5-9-18)21(19-10-6-3-7-11-19)23-12-14-25-15-13-23/h2-11,17,21H,12-16H2,1H3,(H,22,24)/t17-,21+/m0/s1. The fraction of sp³-hybridized carbons (Fsp3) is 0.381. The molecule has 132 valence electrons. The molecule has 1 aliphatic heterocycles. The lowest BCUT2D eigenvalue weighted by atomic mass is 9.97. The highest BCUT2D eigenvalue weighted by molar-refractivity contribution is 5.78. The quantitative estimate of drug-likeness (QED) is 0.881. The molecule has 4 heteroatoms. The summed E-state index contributed by atoms with van der Waals surface area (Å²) < 4.78 is 5.50. The van der Waals surface area contributed by atoms with Crippen molar-refractivity contribution >= 4 is 5.91 Å². The number of hydrogen-bond acceptors (Lipinski definition) is 3. The van der Waals surface area contributed by atoms with Gasteiger partial charge in [-0.2, -0.15) is 0 Å². The van der Waals surface area contributed by atoms with Gasteiger partial charge in [0, 0.05) is 19.1 Å². The zero-order chi connectivity index (χ0) is 17.5. The SMILES string of the molecule is C[C@H](NC(=O)Cc1ccccc1)[C@H](c1ccccc1)N1CCOCC1. The second-order valence-corrected chi connectivity index (χ2v) is 6.52. The van der Waals surface area contributed by atoms with Gasteiger partial charge in [0.1, 0.15) is 0 Å². The zero-order valence-electron chi connectivity index (χ0n) is 14.7. The van der Waals surface area contributed by atoms with E-state index in [0.717, 1.165) is 31.9 Å². The smallest absolute Gasteiger partial charge is 0.224 e. The van der Waals surface area contributed by atoms with Crippen LogP contribution in [0.1, 0.15) is 24.1 Å². The molecule has 0 radical (unpaired) electrons. The Hall–Kier alpha value is -2.17. The van der Waals surface area contributed by atoms with E-state index in [-0.39, 0.29) is 18.0 Å². The molecule has 1 aliphatic rings. The van der Waals surface area contributed by atoms with Gasteiger partial charge < -0.3 is 10.1 Å². The number of hydrogen-bond donors (Lipinski definition) is 1. The van der Waals surface area contributed by atoms with Gasteiger partial charge in [0.25, 0.3) is 0 Å². The second kappa shape index (κ2) is 8.79. The van der Waals surface area contributed by atoms with Crippen LogP contribution in [0.3, 0.4) is 0 Å². The number of carbonyl (C=O) groups excluding carboxylic acids is 1. The molecular formula is C21H26N2O2. The average molecular weight is 338 g/mol. The number of nitrogens with one attached hydrogen (secondary N) is 1. The van der Waals surface area contributed by atoms with Crippen LogP contribution < -0.4 is 5.32 Å². The van der Waals surface area contributed by atoms with Crippen molar-refractivity contribution in [2.75, 3.05) is 26.3 Å². The van der Waals surface area contributed by atoms with E-state index in [1.54, 1.807) is 0 Å². The monoisotopic (exact) mass is 338 g/mol. The molecule has 1 amide bonds. The predicted octanol–water partition coefficient (Wildman–Crippen LogP) is 2.81. The molecule has 0 saturated carbocycles.